The standard InChI is InChI=1S/C13H18FN3O/c1-16-6-3-7-17(9-12(16)18)8-10-4-2-5-11(15)13(10)14/h2,4-5H,3,6-9,15H2,1H3. The first kappa shape index (κ1) is 12.8. The van der Waals surface area contributed by atoms with Crippen molar-refractivity contribution in [1.29, 1.82) is 0 Å². The lowest BCUT2D eigenvalue weighted by Crippen LogP contribution is -2.34. The summed E-state index contributed by atoms with van der Waals surface area (Å²) < 4.78 is 13.8. The summed E-state index contributed by atoms with van der Waals surface area (Å²) in [6, 6.07) is 4.99. The molecule has 0 unspecified atom stereocenters. The molecular formula is C13H18FN3O. The van der Waals surface area contributed by atoms with E-state index < -0.39 is 0 Å². The van der Waals surface area contributed by atoms with E-state index in [2.05, 4.69) is 0 Å². The Hall–Kier alpha value is -1.62. The Kier molecular flexibility index (Phi) is 3.81. The molecule has 2 rings (SSSR count). The Labute approximate surface area is 106 Å². The molecule has 98 valence electrons. The topological polar surface area (TPSA) is 49.6 Å². The number of carbonyl (C=O) groups is 1. The predicted molar refractivity (Wildman–Crippen MR) is 68.3 cm³/mol. The van der Waals surface area contributed by atoms with E-state index in [1.807, 2.05) is 4.90 Å². The average molecular weight is 251 g/mol. The van der Waals surface area contributed by atoms with Crippen molar-refractivity contribution >= 4 is 11.6 Å². The van der Waals surface area contributed by atoms with Crippen LogP contribution in [-0.2, 0) is 11.3 Å². The van der Waals surface area contributed by atoms with Crippen LogP contribution in [0.4, 0.5) is 10.1 Å². The van der Waals surface area contributed by atoms with Gasteiger partial charge in [-0.05, 0) is 12.5 Å². The number of halogens is 1. The zero-order chi connectivity index (χ0) is 13.1. The fraction of sp³-hybridized carbons (Fsp3) is 0.462. The molecule has 0 bridgehead atoms. The number of rotatable bonds is 2. The normalized spacial score (nSPS) is 17.9. The van der Waals surface area contributed by atoms with Gasteiger partial charge in [-0.3, -0.25) is 9.69 Å². The van der Waals surface area contributed by atoms with Crippen LogP contribution in [0.3, 0.4) is 0 Å². The highest BCUT2D eigenvalue weighted by Gasteiger charge is 2.20. The maximum Gasteiger partial charge on any atom is 0.236 e. The van der Waals surface area contributed by atoms with E-state index in [1.165, 1.54) is 0 Å². The highest BCUT2D eigenvalue weighted by Crippen LogP contribution is 2.17. The van der Waals surface area contributed by atoms with Gasteiger partial charge >= 0.3 is 0 Å². The van der Waals surface area contributed by atoms with Crippen LogP contribution in [0.2, 0.25) is 0 Å². The first-order chi connectivity index (χ1) is 8.58. The lowest BCUT2D eigenvalue weighted by molar-refractivity contribution is -0.130. The van der Waals surface area contributed by atoms with Gasteiger partial charge in [0.15, 0.2) is 5.82 Å². The van der Waals surface area contributed by atoms with Gasteiger partial charge in [-0.2, -0.15) is 0 Å². The molecule has 5 heteroatoms. The minimum atomic E-state index is -0.373. The van der Waals surface area contributed by atoms with Gasteiger partial charge in [0.05, 0.1) is 12.2 Å². The number of anilines is 1. The number of hydrogen-bond acceptors (Lipinski definition) is 3. The van der Waals surface area contributed by atoms with Crippen molar-refractivity contribution in [3.8, 4) is 0 Å². The highest BCUT2D eigenvalue weighted by atomic mass is 19.1. The van der Waals surface area contributed by atoms with E-state index in [-0.39, 0.29) is 17.4 Å². The van der Waals surface area contributed by atoms with Crippen molar-refractivity contribution in [2.45, 2.75) is 13.0 Å². The monoisotopic (exact) mass is 251 g/mol. The third kappa shape index (κ3) is 2.79. The molecule has 1 heterocycles. The van der Waals surface area contributed by atoms with Crippen LogP contribution >= 0.6 is 0 Å². The molecule has 0 spiro atoms. The number of nitrogens with two attached hydrogens (primary N) is 1. The van der Waals surface area contributed by atoms with Crippen LogP contribution in [0.1, 0.15) is 12.0 Å². The third-order valence-electron chi connectivity index (χ3n) is 3.26. The molecule has 0 aliphatic carbocycles. The first-order valence-electron chi connectivity index (χ1n) is 6.07. The quantitative estimate of drug-likeness (QED) is 0.800. The average Bonchev–Trinajstić information content (AvgIpc) is 2.48. The van der Waals surface area contributed by atoms with Gasteiger partial charge in [0.25, 0.3) is 0 Å². The van der Waals surface area contributed by atoms with E-state index in [0.29, 0.717) is 18.7 Å². The Bertz CT molecular complexity index is 450. The minimum Gasteiger partial charge on any atom is -0.396 e. The Morgan fingerprint density at radius 1 is 1.39 bits per heavy atom. The van der Waals surface area contributed by atoms with Gasteiger partial charge in [-0.15, -0.1) is 0 Å². The second-order valence-electron chi connectivity index (χ2n) is 4.70. The molecule has 0 aromatic heterocycles. The molecule has 18 heavy (non-hydrogen) atoms. The zero-order valence-corrected chi connectivity index (χ0v) is 10.5. The molecule has 1 aliphatic heterocycles. The maximum atomic E-state index is 13.8. The van der Waals surface area contributed by atoms with Crippen LogP contribution in [0.5, 0.6) is 0 Å². The van der Waals surface area contributed by atoms with Crippen molar-refractivity contribution < 1.29 is 9.18 Å². The number of nitrogens with zero attached hydrogens (tertiary/aromatic N) is 2. The van der Waals surface area contributed by atoms with Gasteiger partial charge in [0, 0.05) is 32.2 Å². The third-order valence-corrected chi connectivity index (χ3v) is 3.26. The SMILES string of the molecule is CN1CCCN(Cc2cccc(N)c2F)CC1=O. The van der Waals surface area contributed by atoms with Crippen LogP contribution < -0.4 is 5.73 Å². The smallest absolute Gasteiger partial charge is 0.236 e. The van der Waals surface area contributed by atoms with Crippen molar-refractivity contribution in [1.82, 2.24) is 9.80 Å². The van der Waals surface area contributed by atoms with Crippen molar-refractivity contribution in [2.75, 3.05) is 32.4 Å². The second-order valence-corrected chi connectivity index (χ2v) is 4.70. The van der Waals surface area contributed by atoms with Gasteiger partial charge in [-0.25, -0.2) is 4.39 Å². The molecule has 1 aromatic rings. The van der Waals surface area contributed by atoms with Crippen molar-refractivity contribution in [3.63, 3.8) is 0 Å². The molecule has 0 saturated carbocycles. The maximum absolute atomic E-state index is 13.8. The summed E-state index contributed by atoms with van der Waals surface area (Å²) in [5.41, 5.74) is 6.24. The van der Waals surface area contributed by atoms with Gasteiger partial charge < -0.3 is 10.6 Å². The number of benzene rings is 1. The van der Waals surface area contributed by atoms with E-state index >= 15 is 0 Å². The summed E-state index contributed by atoms with van der Waals surface area (Å²) in [4.78, 5) is 15.4. The lowest BCUT2D eigenvalue weighted by atomic mass is 10.1. The molecular weight excluding hydrogens is 233 g/mol. The molecule has 2 N–H and O–H groups in total. The molecule has 1 fully saturated rings. The molecule has 1 aromatic carbocycles. The van der Waals surface area contributed by atoms with Gasteiger partial charge in [-0.1, -0.05) is 12.1 Å². The Morgan fingerprint density at radius 3 is 2.94 bits per heavy atom. The molecule has 1 amide bonds. The van der Waals surface area contributed by atoms with E-state index in [0.717, 1.165) is 19.5 Å². The molecule has 1 aliphatic rings. The van der Waals surface area contributed by atoms with Crippen LogP contribution in [0, 0.1) is 5.82 Å². The molecule has 0 radical (unpaired) electrons. The zero-order valence-electron chi connectivity index (χ0n) is 10.5. The largest absolute Gasteiger partial charge is 0.396 e. The van der Waals surface area contributed by atoms with Gasteiger partial charge in [0.1, 0.15) is 0 Å². The van der Waals surface area contributed by atoms with E-state index in [1.54, 1.807) is 30.1 Å². The fourth-order valence-electron chi connectivity index (χ4n) is 2.14. The number of likely N-dealkylation sites (N-methyl/N-ethyl adjacent to an activating group) is 1. The number of amides is 1. The number of carbonyl (C=O) groups excluding carboxylic acids is 1. The fourth-order valence-corrected chi connectivity index (χ4v) is 2.14. The summed E-state index contributed by atoms with van der Waals surface area (Å²) in [5.74, 6) is -0.292. The van der Waals surface area contributed by atoms with Crippen LogP contribution in [0.15, 0.2) is 18.2 Å². The van der Waals surface area contributed by atoms with Crippen LogP contribution in [0.25, 0.3) is 0 Å². The minimum absolute atomic E-state index is 0.0804. The Morgan fingerprint density at radius 2 is 2.17 bits per heavy atom. The Balaban J connectivity index is 2.09. The highest BCUT2D eigenvalue weighted by molar-refractivity contribution is 5.78. The molecule has 4 nitrogen and oxygen atoms in total. The summed E-state index contributed by atoms with van der Waals surface area (Å²) >= 11 is 0. The summed E-state index contributed by atoms with van der Waals surface area (Å²) in [6.07, 6.45) is 0.909. The predicted octanol–water partition coefficient (Wildman–Crippen LogP) is 1.07. The van der Waals surface area contributed by atoms with Crippen molar-refractivity contribution in [2.24, 2.45) is 0 Å². The second kappa shape index (κ2) is 5.35. The molecule has 1 saturated heterocycles. The van der Waals surface area contributed by atoms with Crippen LogP contribution in [-0.4, -0.2) is 42.4 Å². The lowest BCUT2D eigenvalue weighted by Gasteiger charge is -2.19. The van der Waals surface area contributed by atoms with Gasteiger partial charge in [0.2, 0.25) is 5.91 Å². The first-order valence-corrected chi connectivity index (χ1v) is 6.07. The summed E-state index contributed by atoms with van der Waals surface area (Å²) in [6.45, 7) is 2.32. The number of nitrogen functional groups attached to an aromatic ring is 1. The summed E-state index contributed by atoms with van der Waals surface area (Å²) in [5, 5.41) is 0. The molecule has 0 atom stereocenters. The van der Waals surface area contributed by atoms with Crippen molar-refractivity contribution in [3.05, 3.63) is 29.6 Å². The number of hydrogen-bond donors (Lipinski definition) is 1. The van der Waals surface area contributed by atoms with E-state index in [4.69, 9.17) is 5.73 Å². The van der Waals surface area contributed by atoms with E-state index in [9.17, 15) is 9.18 Å². The summed E-state index contributed by atoms with van der Waals surface area (Å²) in [7, 11) is 1.80.